The first-order chi connectivity index (χ1) is 11.6. The molecule has 1 heterocycles. The summed E-state index contributed by atoms with van der Waals surface area (Å²) in [5, 5.41) is 15.4. The summed E-state index contributed by atoms with van der Waals surface area (Å²) in [6.45, 7) is 2.43. The zero-order valence-corrected chi connectivity index (χ0v) is 13.8. The summed E-state index contributed by atoms with van der Waals surface area (Å²) < 4.78 is 5.50. The van der Waals surface area contributed by atoms with Crippen LogP contribution in [0.1, 0.15) is 31.4 Å². The van der Waals surface area contributed by atoms with Crippen molar-refractivity contribution in [2.24, 2.45) is 5.92 Å². The van der Waals surface area contributed by atoms with Crippen molar-refractivity contribution in [1.29, 1.82) is 0 Å². The third kappa shape index (κ3) is 4.35. The highest BCUT2D eigenvalue weighted by Crippen LogP contribution is 2.24. The Hall–Kier alpha value is -2.34. The van der Waals surface area contributed by atoms with E-state index in [-0.39, 0.29) is 12.1 Å². The summed E-state index contributed by atoms with van der Waals surface area (Å²) in [5.41, 5.74) is 1.50. The lowest BCUT2D eigenvalue weighted by atomic mass is 9.87. The van der Waals surface area contributed by atoms with Crippen LogP contribution in [0.15, 0.2) is 34.9 Å². The molecule has 3 rings (SSSR count). The van der Waals surface area contributed by atoms with Crippen LogP contribution in [0.4, 0.5) is 10.5 Å². The number of carbonyl (C=O) groups is 1. The van der Waals surface area contributed by atoms with E-state index in [1.54, 1.807) is 6.20 Å². The number of anilines is 1. The Bertz CT molecular complexity index is 698. The van der Waals surface area contributed by atoms with Gasteiger partial charge in [0, 0.05) is 17.8 Å². The van der Waals surface area contributed by atoms with E-state index in [2.05, 4.69) is 15.6 Å². The number of hydrogen-bond donors (Lipinski definition) is 3. The second-order valence-electron chi connectivity index (χ2n) is 6.38. The zero-order chi connectivity index (χ0) is 16.9. The summed E-state index contributed by atoms with van der Waals surface area (Å²) in [7, 11) is 0. The second-order valence-corrected chi connectivity index (χ2v) is 6.38. The third-order valence-corrected chi connectivity index (χ3v) is 4.30. The molecule has 24 heavy (non-hydrogen) atoms. The van der Waals surface area contributed by atoms with E-state index < -0.39 is 0 Å². The highest BCUT2D eigenvalue weighted by molar-refractivity contribution is 5.89. The number of carbonyl (C=O) groups excluding carboxylic acids is 1. The van der Waals surface area contributed by atoms with Crippen molar-refractivity contribution in [3.8, 4) is 11.5 Å². The fraction of sp³-hybridized carbons (Fsp3) is 0.444. The number of oxazole rings is 1. The molecule has 0 spiro atoms. The van der Waals surface area contributed by atoms with Gasteiger partial charge in [0.05, 0.1) is 12.3 Å². The van der Waals surface area contributed by atoms with Crippen molar-refractivity contribution in [2.45, 2.75) is 38.7 Å². The number of aliphatic hydroxyl groups excluding tert-OH is 1. The van der Waals surface area contributed by atoms with Crippen LogP contribution >= 0.6 is 0 Å². The van der Waals surface area contributed by atoms with E-state index in [0.29, 0.717) is 24.0 Å². The highest BCUT2D eigenvalue weighted by Gasteiger charge is 2.20. The number of aryl methyl sites for hydroxylation is 1. The number of benzene rings is 1. The van der Waals surface area contributed by atoms with Gasteiger partial charge in [-0.25, -0.2) is 9.78 Å². The first-order valence-corrected chi connectivity index (χ1v) is 8.36. The van der Waals surface area contributed by atoms with E-state index in [4.69, 9.17) is 4.42 Å². The molecule has 3 N–H and O–H groups in total. The molecule has 0 aliphatic heterocycles. The third-order valence-electron chi connectivity index (χ3n) is 4.30. The maximum absolute atomic E-state index is 12.1. The molecule has 2 atom stereocenters. The number of nitrogens with one attached hydrogen (secondary N) is 2. The molecule has 1 aliphatic rings. The van der Waals surface area contributed by atoms with Crippen LogP contribution in [-0.2, 0) is 0 Å². The molecule has 1 aliphatic carbocycles. The monoisotopic (exact) mass is 329 g/mol. The minimum Gasteiger partial charge on any atom is -0.441 e. The molecule has 128 valence electrons. The van der Waals surface area contributed by atoms with Crippen LogP contribution in [0.2, 0.25) is 0 Å². The van der Waals surface area contributed by atoms with Gasteiger partial charge >= 0.3 is 6.03 Å². The summed E-state index contributed by atoms with van der Waals surface area (Å²) in [5.74, 6) is 1.63. The van der Waals surface area contributed by atoms with Crippen molar-refractivity contribution in [3.05, 3.63) is 36.2 Å². The van der Waals surface area contributed by atoms with Crippen molar-refractivity contribution < 1.29 is 14.3 Å². The van der Waals surface area contributed by atoms with Gasteiger partial charge in [0.25, 0.3) is 0 Å². The van der Waals surface area contributed by atoms with Crippen molar-refractivity contribution in [3.63, 3.8) is 0 Å². The lowest BCUT2D eigenvalue weighted by molar-refractivity contribution is 0.101. The molecule has 6 heteroatoms. The predicted molar refractivity (Wildman–Crippen MR) is 91.7 cm³/mol. The molecule has 1 aromatic carbocycles. The zero-order valence-electron chi connectivity index (χ0n) is 13.8. The lowest BCUT2D eigenvalue weighted by Crippen LogP contribution is -2.35. The predicted octanol–water partition coefficient (Wildman–Crippen LogP) is 3.32. The van der Waals surface area contributed by atoms with E-state index in [9.17, 15) is 9.90 Å². The molecular formula is C18H23N3O3. The highest BCUT2D eigenvalue weighted by atomic mass is 16.4. The second kappa shape index (κ2) is 7.49. The normalized spacial score (nSPS) is 20.6. The van der Waals surface area contributed by atoms with Crippen molar-refractivity contribution >= 4 is 11.7 Å². The fourth-order valence-electron chi connectivity index (χ4n) is 3.08. The Kier molecular flexibility index (Phi) is 5.15. The average molecular weight is 329 g/mol. The summed E-state index contributed by atoms with van der Waals surface area (Å²) in [6, 6.07) is 7.15. The molecule has 0 bridgehead atoms. The molecule has 2 aromatic rings. The van der Waals surface area contributed by atoms with Gasteiger partial charge in [-0.2, -0.15) is 0 Å². The molecule has 1 saturated carbocycles. The summed E-state index contributed by atoms with van der Waals surface area (Å²) >= 11 is 0. The van der Waals surface area contributed by atoms with Gasteiger partial charge in [-0.15, -0.1) is 0 Å². The maximum atomic E-state index is 12.1. The van der Waals surface area contributed by atoms with Gasteiger partial charge in [0.15, 0.2) is 0 Å². The molecule has 2 unspecified atom stereocenters. The minimum atomic E-state index is -0.240. The minimum absolute atomic E-state index is 0.227. The van der Waals surface area contributed by atoms with Gasteiger partial charge in [0.2, 0.25) is 5.89 Å². The molecule has 0 radical (unpaired) electrons. The topological polar surface area (TPSA) is 87.4 Å². The molecule has 6 nitrogen and oxygen atoms in total. The largest absolute Gasteiger partial charge is 0.441 e. The molecule has 0 saturated heterocycles. The van der Waals surface area contributed by atoms with E-state index in [1.807, 2.05) is 31.2 Å². The SMILES string of the molecule is Cc1cnc(-c2cccc(NC(=O)NCC3CCCC(O)C3)c2)o1. The standard InChI is InChI=1S/C18H23N3O3/c1-12-10-19-17(24-12)14-5-3-6-15(9-14)21-18(23)20-11-13-4-2-7-16(22)8-13/h3,5-6,9-10,13,16,22H,2,4,7-8,11H2,1H3,(H2,20,21,23). The summed E-state index contributed by atoms with van der Waals surface area (Å²) in [4.78, 5) is 16.3. The van der Waals surface area contributed by atoms with E-state index >= 15 is 0 Å². The fourth-order valence-corrected chi connectivity index (χ4v) is 3.08. The Morgan fingerprint density at radius 3 is 3.04 bits per heavy atom. The first-order valence-electron chi connectivity index (χ1n) is 8.36. The average Bonchev–Trinajstić information content (AvgIpc) is 3.00. The molecule has 1 fully saturated rings. The number of nitrogens with zero attached hydrogens (tertiary/aromatic N) is 1. The van der Waals surface area contributed by atoms with Gasteiger partial charge in [-0.3, -0.25) is 0 Å². The Balaban J connectivity index is 1.54. The van der Waals surface area contributed by atoms with Crippen molar-refractivity contribution in [1.82, 2.24) is 10.3 Å². The molecule has 1 aromatic heterocycles. The quantitative estimate of drug-likeness (QED) is 0.803. The van der Waals surface area contributed by atoms with Crippen LogP contribution in [0, 0.1) is 12.8 Å². The smallest absolute Gasteiger partial charge is 0.319 e. The van der Waals surface area contributed by atoms with Gasteiger partial charge in [-0.1, -0.05) is 12.5 Å². The number of amides is 2. The van der Waals surface area contributed by atoms with Crippen LogP contribution in [0.5, 0.6) is 0 Å². The Morgan fingerprint density at radius 2 is 2.29 bits per heavy atom. The van der Waals surface area contributed by atoms with Gasteiger partial charge < -0.3 is 20.2 Å². The Labute approximate surface area is 141 Å². The number of aliphatic hydroxyl groups is 1. The Morgan fingerprint density at radius 1 is 1.42 bits per heavy atom. The van der Waals surface area contributed by atoms with Crippen LogP contribution in [-0.4, -0.2) is 28.8 Å². The molecular weight excluding hydrogens is 306 g/mol. The van der Waals surface area contributed by atoms with E-state index in [1.165, 1.54) is 0 Å². The van der Waals surface area contributed by atoms with Crippen LogP contribution in [0.3, 0.4) is 0 Å². The lowest BCUT2D eigenvalue weighted by Gasteiger charge is -2.25. The van der Waals surface area contributed by atoms with Crippen LogP contribution in [0.25, 0.3) is 11.5 Å². The number of aromatic nitrogens is 1. The molecule has 2 amide bonds. The maximum Gasteiger partial charge on any atom is 0.319 e. The van der Waals surface area contributed by atoms with Gasteiger partial charge in [0.1, 0.15) is 5.76 Å². The number of rotatable bonds is 4. The number of urea groups is 1. The van der Waals surface area contributed by atoms with Crippen molar-refractivity contribution in [2.75, 3.05) is 11.9 Å². The first kappa shape index (κ1) is 16.5. The summed E-state index contributed by atoms with van der Waals surface area (Å²) in [6.07, 6.45) is 5.15. The van der Waals surface area contributed by atoms with E-state index in [0.717, 1.165) is 37.0 Å². The number of hydrogen-bond acceptors (Lipinski definition) is 4. The van der Waals surface area contributed by atoms with Crippen LogP contribution < -0.4 is 10.6 Å². The van der Waals surface area contributed by atoms with Gasteiger partial charge in [-0.05, 0) is 50.3 Å².